The lowest BCUT2D eigenvalue weighted by Crippen LogP contribution is -2.06. The van der Waals surface area contributed by atoms with E-state index in [1.807, 2.05) is 13.8 Å². The minimum atomic E-state index is -0.515. The quantitative estimate of drug-likeness (QED) is 0.805. The highest BCUT2D eigenvalue weighted by Gasteiger charge is 2.19. The Hall–Kier alpha value is -1.33. The highest BCUT2D eigenvalue weighted by molar-refractivity contribution is 7.08. The molecule has 0 saturated heterocycles. The van der Waals surface area contributed by atoms with Gasteiger partial charge in [-0.25, -0.2) is 4.39 Å². The van der Waals surface area contributed by atoms with Crippen molar-refractivity contribution in [1.82, 2.24) is 9.59 Å². The Kier molecular flexibility index (Phi) is 4.27. The van der Waals surface area contributed by atoms with E-state index in [-0.39, 0.29) is 23.1 Å². The third-order valence-electron chi connectivity index (χ3n) is 2.66. The van der Waals surface area contributed by atoms with Crippen molar-refractivity contribution in [2.24, 2.45) is 0 Å². The Morgan fingerprint density at radius 3 is 2.84 bits per heavy atom. The standard InChI is InChI=1S/C13H12ClFN2OS/c1-7(2)12-13(19-17-16-12)11(18)6-8-3-4-9(14)10(15)5-8/h3-5,7H,6H2,1-2H3. The predicted octanol–water partition coefficient (Wildman–Crippen LogP) is 3.88. The van der Waals surface area contributed by atoms with Crippen LogP contribution in [-0.2, 0) is 6.42 Å². The molecule has 0 N–H and O–H groups in total. The fourth-order valence-electron chi connectivity index (χ4n) is 1.68. The zero-order valence-corrected chi connectivity index (χ0v) is 12.1. The van der Waals surface area contributed by atoms with Crippen molar-refractivity contribution in [2.45, 2.75) is 26.2 Å². The number of halogens is 2. The average molecular weight is 299 g/mol. The maximum atomic E-state index is 13.3. The Labute approximate surface area is 119 Å². The van der Waals surface area contributed by atoms with E-state index in [2.05, 4.69) is 9.59 Å². The SMILES string of the molecule is CC(C)c1nnsc1C(=O)Cc1ccc(Cl)c(F)c1. The molecule has 1 aromatic heterocycles. The van der Waals surface area contributed by atoms with Crippen molar-refractivity contribution in [3.05, 3.63) is 45.2 Å². The second kappa shape index (κ2) is 5.75. The molecule has 0 atom stereocenters. The molecule has 3 nitrogen and oxygen atoms in total. The van der Waals surface area contributed by atoms with E-state index in [1.54, 1.807) is 6.07 Å². The molecule has 0 aliphatic carbocycles. The number of hydrogen-bond donors (Lipinski definition) is 0. The van der Waals surface area contributed by atoms with E-state index in [1.165, 1.54) is 12.1 Å². The first kappa shape index (κ1) is 14.1. The van der Waals surface area contributed by atoms with E-state index in [0.717, 1.165) is 11.5 Å². The fraction of sp³-hybridized carbons (Fsp3) is 0.308. The smallest absolute Gasteiger partial charge is 0.180 e. The van der Waals surface area contributed by atoms with Crippen LogP contribution in [0.5, 0.6) is 0 Å². The van der Waals surface area contributed by atoms with Crippen molar-refractivity contribution in [3.63, 3.8) is 0 Å². The van der Waals surface area contributed by atoms with Gasteiger partial charge in [-0.15, -0.1) is 5.10 Å². The van der Waals surface area contributed by atoms with Crippen LogP contribution >= 0.6 is 23.1 Å². The molecule has 2 rings (SSSR count). The molecule has 0 saturated carbocycles. The molecule has 0 fully saturated rings. The molecule has 0 radical (unpaired) electrons. The van der Waals surface area contributed by atoms with Crippen LogP contribution in [-0.4, -0.2) is 15.4 Å². The maximum absolute atomic E-state index is 13.3. The molecule has 0 aliphatic rings. The molecule has 0 unspecified atom stereocenters. The van der Waals surface area contributed by atoms with Crippen LogP contribution in [0.25, 0.3) is 0 Å². The minimum absolute atomic E-state index is 0.0542. The molecule has 0 spiro atoms. The Morgan fingerprint density at radius 2 is 2.21 bits per heavy atom. The molecule has 19 heavy (non-hydrogen) atoms. The molecular formula is C13H12ClFN2OS. The fourth-order valence-corrected chi connectivity index (χ4v) is 2.56. The summed E-state index contributed by atoms with van der Waals surface area (Å²) in [5, 5.41) is 4.02. The highest BCUT2D eigenvalue weighted by atomic mass is 35.5. The Morgan fingerprint density at radius 1 is 1.47 bits per heavy atom. The Bertz CT molecular complexity index is 612. The molecule has 0 bridgehead atoms. The third-order valence-corrected chi connectivity index (χ3v) is 3.75. The lowest BCUT2D eigenvalue weighted by molar-refractivity contribution is 0.0995. The lowest BCUT2D eigenvalue weighted by Gasteiger charge is -2.04. The summed E-state index contributed by atoms with van der Waals surface area (Å²) < 4.78 is 17.1. The summed E-state index contributed by atoms with van der Waals surface area (Å²) in [4.78, 5) is 12.7. The Balaban J connectivity index is 2.21. The van der Waals surface area contributed by atoms with Crippen LogP contribution in [0.1, 0.15) is 40.7 Å². The van der Waals surface area contributed by atoms with Crippen molar-refractivity contribution >= 4 is 28.9 Å². The monoisotopic (exact) mass is 298 g/mol. The molecule has 1 aromatic carbocycles. The predicted molar refractivity (Wildman–Crippen MR) is 73.4 cm³/mol. The van der Waals surface area contributed by atoms with Crippen molar-refractivity contribution in [3.8, 4) is 0 Å². The van der Waals surface area contributed by atoms with Crippen molar-refractivity contribution < 1.29 is 9.18 Å². The molecule has 0 amide bonds. The zero-order valence-electron chi connectivity index (χ0n) is 10.5. The van der Waals surface area contributed by atoms with E-state index >= 15 is 0 Å². The normalized spacial score (nSPS) is 11.0. The molecule has 100 valence electrons. The number of benzene rings is 1. The van der Waals surface area contributed by atoms with Gasteiger partial charge in [-0.05, 0) is 35.1 Å². The number of Topliss-reactive ketones (excluding diaryl/α,β-unsaturated/α-hetero) is 1. The second-order valence-electron chi connectivity index (χ2n) is 4.49. The van der Waals surface area contributed by atoms with Gasteiger partial charge in [0.1, 0.15) is 10.7 Å². The lowest BCUT2D eigenvalue weighted by atomic mass is 10.0. The van der Waals surface area contributed by atoms with Gasteiger partial charge in [-0.3, -0.25) is 4.79 Å². The van der Waals surface area contributed by atoms with E-state index in [4.69, 9.17) is 11.6 Å². The largest absolute Gasteiger partial charge is 0.293 e. The maximum Gasteiger partial charge on any atom is 0.180 e. The van der Waals surface area contributed by atoms with Gasteiger partial charge in [0, 0.05) is 6.42 Å². The van der Waals surface area contributed by atoms with Crippen LogP contribution in [0.4, 0.5) is 4.39 Å². The second-order valence-corrected chi connectivity index (χ2v) is 5.65. The molecule has 1 heterocycles. The summed E-state index contributed by atoms with van der Waals surface area (Å²) in [6.07, 6.45) is 0.123. The number of nitrogens with zero attached hydrogens (tertiary/aromatic N) is 2. The molecule has 2 aromatic rings. The summed E-state index contributed by atoms with van der Waals surface area (Å²) in [5.41, 5.74) is 1.29. The number of carbonyl (C=O) groups is 1. The molecule has 6 heteroatoms. The summed E-state index contributed by atoms with van der Waals surface area (Å²) in [5.74, 6) is -0.474. The summed E-state index contributed by atoms with van der Waals surface area (Å²) in [7, 11) is 0. The number of carbonyl (C=O) groups excluding carboxylic acids is 1. The van der Waals surface area contributed by atoms with E-state index in [9.17, 15) is 9.18 Å². The van der Waals surface area contributed by atoms with Gasteiger partial charge in [0.05, 0.1) is 10.7 Å². The van der Waals surface area contributed by atoms with Gasteiger partial charge < -0.3 is 0 Å². The summed E-state index contributed by atoms with van der Waals surface area (Å²) >= 11 is 6.69. The summed E-state index contributed by atoms with van der Waals surface area (Å²) in [6, 6.07) is 4.38. The number of ketones is 1. The number of hydrogen-bond acceptors (Lipinski definition) is 4. The van der Waals surface area contributed by atoms with Crippen LogP contribution in [0.15, 0.2) is 18.2 Å². The molecule has 0 aliphatic heterocycles. The van der Waals surface area contributed by atoms with Gasteiger partial charge in [0.25, 0.3) is 0 Å². The van der Waals surface area contributed by atoms with E-state index < -0.39 is 5.82 Å². The van der Waals surface area contributed by atoms with Crippen LogP contribution in [0.2, 0.25) is 5.02 Å². The topological polar surface area (TPSA) is 42.9 Å². The van der Waals surface area contributed by atoms with E-state index in [0.29, 0.717) is 16.1 Å². The molecular weight excluding hydrogens is 287 g/mol. The highest BCUT2D eigenvalue weighted by Crippen LogP contribution is 2.22. The van der Waals surface area contributed by atoms with Crippen molar-refractivity contribution in [2.75, 3.05) is 0 Å². The van der Waals surface area contributed by atoms with Gasteiger partial charge in [0.15, 0.2) is 5.78 Å². The van der Waals surface area contributed by atoms with Crippen LogP contribution in [0, 0.1) is 5.82 Å². The van der Waals surface area contributed by atoms with Gasteiger partial charge >= 0.3 is 0 Å². The number of aromatic nitrogens is 2. The first-order valence-electron chi connectivity index (χ1n) is 5.78. The minimum Gasteiger partial charge on any atom is -0.293 e. The van der Waals surface area contributed by atoms with Crippen LogP contribution < -0.4 is 0 Å². The zero-order chi connectivity index (χ0) is 14.0. The average Bonchev–Trinajstić information content (AvgIpc) is 2.83. The van der Waals surface area contributed by atoms with Gasteiger partial charge in [0.2, 0.25) is 0 Å². The number of rotatable bonds is 4. The summed E-state index contributed by atoms with van der Waals surface area (Å²) in [6.45, 7) is 3.91. The van der Waals surface area contributed by atoms with Crippen LogP contribution in [0.3, 0.4) is 0 Å². The van der Waals surface area contributed by atoms with Gasteiger partial charge in [-0.2, -0.15) is 0 Å². The van der Waals surface area contributed by atoms with Gasteiger partial charge in [-0.1, -0.05) is 36.0 Å². The third kappa shape index (κ3) is 3.16. The van der Waals surface area contributed by atoms with Crippen molar-refractivity contribution in [1.29, 1.82) is 0 Å². The first-order valence-corrected chi connectivity index (χ1v) is 6.93. The first-order chi connectivity index (χ1) is 8.99.